The van der Waals surface area contributed by atoms with Crippen LogP contribution in [0.4, 0.5) is 11.5 Å². The Kier molecular flexibility index (Phi) is 4.78. The van der Waals surface area contributed by atoms with E-state index < -0.39 is 12.0 Å². The molecular formula is C19H16ClN6O4-. The lowest BCUT2D eigenvalue weighted by Gasteiger charge is -2.17. The summed E-state index contributed by atoms with van der Waals surface area (Å²) in [4.78, 5) is 11.4. The molecule has 0 aliphatic rings. The zero-order chi connectivity index (χ0) is 21.6. The number of hydrogen-bond acceptors (Lipinski definition) is 7. The van der Waals surface area contributed by atoms with Crippen molar-refractivity contribution in [3.63, 3.8) is 0 Å². The summed E-state index contributed by atoms with van der Waals surface area (Å²) in [7, 11) is 0. The van der Waals surface area contributed by atoms with Gasteiger partial charge in [0.05, 0.1) is 17.5 Å². The molecule has 2 heterocycles. The van der Waals surface area contributed by atoms with E-state index in [0.29, 0.717) is 31.2 Å². The monoisotopic (exact) mass is 427 g/mol. The van der Waals surface area contributed by atoms with Crippen LogP contribution in [0.15, 0.2) is 36.4 Å². The van der Waals surface area contributed by atoms with Gasteiger partial charge in [0.1, 0.15) is 11.2 Å². The van der Waals surface area contributed by atoms with Crippen LogP contribution in [0.1, 0.15) is 25.1 Å². The van der Waals surface area contributed by atoms with Crippen LogP contribution in [0.5, 0.6) is 0 Å². The Hall–Kier alpha value is -3.66. The Labute approximate surface area is 175 Å². The van der Waals surface area contributed by atoms with E-state index in [0.717, 1.165) is 0 Å². The highest BCUT2D eigenvalue weighted by Gasteiger charge is 2.24. The molecule has 0 saturated heterocycles. The van der Waals surface area contributed by atoms with Gasteiger partial charge in [0.2, 0.25) is 5.52 Å². The van der Waals surface area contributed by atoms with E-state index in [2.05, 4.69) is 15.6 Å². The maximum absolute atomic E-state index is 12.9. The van der Waals surface area contributed by atoms with Gasteiger partial charge in [-0.3, -0.25) is 0 Å². The molecule has 0 amide bonds. The van der Waals surface area contributed by atoms with Gasteiger partial charge in [-0.1, -0.05) is 23.7 Å². The molecule has 4 rings (SSSR count). The second-order valence-corrected chi connectivity index (χ2v) is 7.20. The summed E-state index contributed by atoms with van der Waals surface area (Å²) in [6.07, 6.45) is 0.265. The predicted molar refractivity (Wildman–Crippen MR) is 107 cm³/mol. The zero-order valence-corrected chi connectivity index (χ0v) is 16.8. The van der Waals surface area contributed by atoms with Gasteiger partial charge in [-0.2, -0.15) is 4.73 Å². The number of rotatable bonds is 5. The Morgan fingerprint density at radius 1 is 1.20 bits per heavy atom. The first-order valence-corrected chi connectivity index (χ1v) is 9.47. The lowest BCUT2D eigenvalue weighted by atomic mass is 10.2. The fourth-order valence-electron chi connectivity index (χ4n) is 3.34. The van der Waals surface area contributed by atoms with Gasteiger partial charge < -0.3 is 20.3 Å². The second kappa shape index (κ2) is 7.30. The Balaban J connectivity index is 1.82. The topological polar surface area (TPSA) is 137 Å². The van der Waals surface area contributed by atoms with Gasteiger partial charge in [0.25, 0.3) is 11.2 Å². The standard InChI is InChI=1S/C19H17ClN6O4/c1-3-14(19(27)28)24-16-9-12(5-6-13(16)22-23-24)21-18-10(2)25(29)17-8-11(20)4-7-15(17)26(18)30/h4-9,14,21H,3H2,1-2H3,(H,27,28)/p-1. The summed E-state index contributed by atoms with van der Waals surface area (Å²) in [6, 6.07) is 8.35. The van der Waals surface area contributed by atoms with Crippen LogP contribution in [0.2, 0.25) is 5.02 Å². The van der Waals surface area contributed by atoms with Gasteiger partial charge in [0.15, 0.2) is 0 Å². The SMILES string of the molecule is CCC(C(=O)[O-])n1nnc2ccc(Nc3c(C)[n+]([O-])c4cc(Cl)ccc4[n+]3[O-])cc21. The molecule has 11 heteroatoms. The second-order valence-electron chi connectivity index (χ2n) is 6.76. The van der Waals surface area contributed by atoms with Crippen LogP contribution in [-0.2, 0) is 4.79 Å². The molecule has 0 saturated carbocycles. The number of fused-ring (bicyclic) bond motifs is 2. The molecule has 0 fully saturated rings. The number of nitrogens with zero attached hydrogens (tertiary/aromatic N) is 5. The van der Waals surface area contributed by atoms with Crippen molar-refractivity contribution in [2.45, 2.75) is 26.3 Å². The lowest BCUT2D eigenvalue weighted by Crippen LogP contribution is -2.43. The molecule has 1 N–H and O–H groups in total. The summed E-state index contributed by atoms with van der Waals surface area (Å²) in [5.74, 6) is -1.23. The van der Waals surface area contributed by atoms with Gasteiger partial charge in [-0.05, 0) is 30.7 Å². The minimum absolute atomic E-state index is 0.0325. The fourth-order valence-corrected chi connectivity index (χ4v) is 3.50. The van der Waals surface area contributed by atoms with E-state index >= 15 is 0 Å². The van der Waals surface area contributed by atoms with E-state index in [-0.39, 0.29) is 29.0 Å². The largest absolute Gasteiger partial charge is 0.710 e. The van der Waals surface area contributed by atoms with E-state index in [9.17, 15) is 20.3 Å². The Morgan fingerprint density at radius 3 is 2.67 bits per heavy atom. The van der Waals surface area contributed by atoms with E-state index in [1.165, 1.54) is 29.8 Å². The quantitative estimate of drug-likeness (QED) is 0.374. The van der Waals surface area contributed by atoms with E-state index in [1.807, 2.05) is 0 Å². The predicted octanol–water partition coefficient (Wildman–Crippen LogP) is 1.26. The smallest absolute Gasteiger partial charge is 0.352 e. The van der Waals surface area contributed by atoms with Gasteiger partial charge in [-0.15, -0.1) is 5.10 Å². The molecule has 0 aliphatic heterocycles. The van der Waals surface area contributed by atoms with Crippen molar-refractivity contribution < 1.29 is 19.4 Å². The molecule has 30 heavy (non-hydrogen) atoms. The molecule has 0 radical (unpaired) electrons. The Morgan fingerprint density at radius 2 is 1.97 bits per heavy atom. The molecule has 10 nitrogen and oxygen atoms in total. The van der Waals surface area contributed by atoms with Crippen molar-refractivity contribution in [2.24, 2.45) is 0 Å². The summed E-state index contributed by atoms with van der Waals surface area (Å²) in [5.41, 5.74) is 1.84. The molecule has 2 aromatic carbocycles. The van der Waals surface area contributed by atoms with Crippen LogP contribution in [0, 0.1) is 17.3 Å². The van der Waals surface area contributed by atoms with Crippen molar-refractivity contribution in [3.05, 3.63) is 57.5 Å². The zero-order valence-electron chi connectivity index (χ0n) is 16.0. The molecule has 1 unspecified atom stereocenters. The minimum Gasteiger partial charge on any atom is -0.710 e. The first kappa shape index (κ1) is 19.6. The molecule has 4 aromatic rings. The van der Waals surface area contributed by atoms with Crippen LogP contribution in [0.25, 0.3) is 22.1 Å². The highest BCUT2D eigenvalue weighted by atomic mass is 35.5. The number of anilines is 2. The first-order chi connectivity index (χ1) is 14.3. The summed E-state index contributed by atoms with van der Waals surface area (Å²) < 4.78 is 2.51. The molecule has 0 spiro atoms. The molecule has 0 aliphatic carbocycles. The molecule has 2 aromatic heterocycles. The average Bonchev–Trinajstić information content (AvgIpc) is 3.13. The number of hydrogen-bond donors (Lipinski definition) is 1. The summed E-state index contributed by atoms with van der Waals surface area (Å²) in [6.45, 7) is 3.21. The van der Waals surface area contributed by atoms with Crippen molar-refractivity contribution in [1.29, 1.82) is 0 Å². The minimum atomic E-state index is -1.27. The van der Waals surface area contributed by atoms with E-state index in [1.54, 1.807) is 25.1 Å². The lowest BCUT2D eigenvalue weighted by molar-refractivity contribution is -0.623. The highest BCUT2D eigenvalue weighted by Crippen LogP contribution is 2.25. The normalized spacial score (nSPS) is 12.4. The van der Waals surface area contributed by atoms with Crippen LogP contribution >= 0.6 is 11.6 Å². The molecular weight excluding hydrogens is 412 g/mol. The first-order valence-electron chi connectivity index (χ1n) is 9.09. The number of carboxylic acid groups (broad SMARTS) is 1. The van der Waals surface area contributed by atoms with Gasteiger partial charge >= 0.3 is 5.82 Å². The summed E-state index contributed by atoms with van der Waals surface area (Å²) in [5, 5.41) is 48.1. The number of carbonyl (C=O) groups excluding carboxylic acids is 1. The number of nitrogens with one attached hydrogen (secondary N) is 1. The highest BCUT2D eigenvalue weighted by molar-refractivity contribution is 6.31. The third-order valence-corrected chi connectivity index (χ3v) is 5.15. The molecule has 0 bridgehead atoms. The maximum atomic E-state index is 12.9. The average molecular weight is 428 g/mol. The summed E-state index contributed by atoms with van der Waals surface area (Å²) >= 11 is 5.94. The number of aliphatic carboxylic acids is 1. The number of benzene rings is 2. The third-order valence-electron chi connectivity index (χ3n) is 4.91. The number of aromatic nitrogens is 5. The number of halogens is 1. The van der Waals surface area contributed by atoms with Crippen molar-refractivity contribution in [1.82, 2.24) is 15.0 Å². The maximum Gasteiger partial charge on any atom is 0.352 e. The third kappa shape index (κ3) is 3.11. The van der Waals surface area contributed by atoms with Crippen LogP contribution in [0.3, 0.4) is 0 Å². The van der Waals surface area contributed by atoms with Crippen molar-refractivity contribution in [2.75, 3.05) is 5.32 Å². The molecule has 1 atom stereocenters. The van der Waals surface area contributed by atoms with Gasteiger partial charge in [-0.25, -0.2) is 14.7 Å². The van der Waals surface area contributed by atoms with Crippen molar-refractivity contribution in [3.8, 4) is 0 Å². The Bertz CT molecular complexity index is 1310. The number of carboxylic acids is 1. The molecule has 154 valence electrons. The van der Waals surface area contributed by atoms with Crippen LogP contribution in [-0.4, -0.2) is 21.0 Å². The van der Waals surface area contributed by atoms with E-state index in [4.69, 9.17) is 11.6 Å². The van der Waals surface area contributed by atoms with Gasteiger partial charge in [0, 0.05) is 24.1 Å². The van der Waals surface area contributed by atoms with Crippen LogP contribution < -0.4 is 19.9 Å². The fraction of sp³-hybridized carbons (Fsp3) is 0.211. The van der Waals surface area contributed by atoms with Crippen molar-refractivity contribution >= 4 is 51.1 Å². The number of carbonyl (C=O) groups is 1.